The zero-order valence-electron chi connectivity index (χ0n) is 12.8. The van der Waals surface area contributed by atoms with Crippen molar-refractivity contribution >= 4 is 26.6 Å². The number of carbonyl (C=O) groups excluding carboxylic acids is 1. The van der Waals surface area contributed by atoms with E-state index in [0.717, 1.165) is 4.57 Å². The first kappa shape index (κ1) is 16.4. The molecular formula is C15H17N3O5S. The Morgan fingerprint density at radius 1 is 1.29 bits per heavy atom. The second kappa shape index (κ2) is 6.23. The summed E-state index contributed by atoms with van der Waals surface area (Å²) in [5.41, 5.74) is -0.773. The van der Waals surface area contributed by atoms with Gasteiger partial charge in [0.2, 0.25) is 5.91 Å². The molecule has 9 heteroatoms. The number of para-hydroxylation sites is 1. The summed E-state index contributed by atoms with van der Waals surface area (Å²) in [5, 5.41) is 2.92. The standard InChI is InChI=1S/C15H17N3O5S/c19-13(16-7-10-5-6-24(22,23)9-10)8-18-14(20)11-3-1-2-4-12(11)17-15(18)21/h1-4,10H,5-9H2,(H,16,19)(H,17,21). The van der Waals surface area contributed by atoms with Crippen LogP contribution in [0.1, 0.15) is 6.42 Å². The minimum absolute atomic E-state index is 0.0593. The number of aromatic nitrogens is 2. The maximum Gasteiger partial charge on any atom is 0.329 e. The van der Waals surface area contributed by atoms with Crippen LogP contribution in [-0.2, 0) is 21.2 Å². The topological polar surface area (TPSA) is 118 Å². The number of aromatic amines is 1. The van der Waals surface area contributed by atoms with E-state index in [1.807, 2.05) is 0 Å². The molecule has 0 saturated carbocycles. The Balaban J connectivity index is 1.72. The highest BCUT2D eigenvalue weighted by Gasteiger charge is 2.28. The fourth-order valence-corrected chi connectivity index (χ4v) is 4.70. The van der Waals surface area contributed by atoms with E-state index in [1.165, 1.54) is 0 Å². The van der Waals surface area contributed by atoms with Gasteiger partial charge in [-0.25, -0.2) is 13.2 Å². The van der Waals surface area contributed by atoms with E-state index in [-0.39, 0.29) is 24.0 Å². The average molecular weight is 351 g/mol. The molecule has 1 aromatic carbocycles. The first-order valence-corrected chi connectivity index (χ1v) is 9.37. The van der Waals surface area contributed by atoms with Crippen LogP contribution in [0.4, 0.5) is 0 Å². The second-order valence-electron chi connectivity index (χ2n) is 5.94. The van der Waals surface area contributed by atoms with Gasteiger partial charge in [-0.15, -0.1) is 0 Å². The molecule has 1 amide bonds. The highest BCUT2D eigenvalue weighted by Crippen LogP contribution is 2.17. The highest BCUT2D eigenvalue weighted by molar-refractivity contribution is 7.91. The molecule has 2 heterocycles. The van der Waals surface area contributed by atoms with Crippen LogP contribution in [-0.4, -0.2) is 41.9 Å². The van der Waals surface area contributed by atoms with Gasteiger partial charge in [-0.3, -0.25) is 14.2 Å². The number of benzene rings is 1. The van der Waals surface area contributed by atoms with Gasteiger partial charge >= 0.3 is 5.69 Å². The van der Waals surface area contributed by atoms with Gasteiger partial charge in [0.25, 0.3) is 5.56 Å². The van der Waals surface area contributed by atoms with Crippen molar-refractivity contribution in [3.63, 3.8) is 0 Å². The first-order chi connectivity index (χ1) is 11.4. The summed E-state index contributed by atoms with van der Waals surface area (Å²) >= 11 is 0. The largest absolute Gasteiger partial charge is 0.354 e. The maximum atomic E-state index is 12.3. The molecule has 1 aliphatic rings. The lowest BCUT2D eigenvalue weighted by molar-refractivity contribution is -0.121. The summed E-state index contributed by atoms with van der Waals surface area (Å²) in [6.07, 6.45) is 0.513. The van der Waals surface area contributed by atoms with Crippen molar-refractivity contribution < 1.29 is 13.2 Å². The van der Waals surface area contributed by atoms with Crippen LogP contribution in [0.2, 0.25) is 0 Å². The molecule has 1 fully saturated rings. The van der Waals surface area contributed by atoms with Crippen molar-refractivity contribution in [1.82, 2.24) is 14.9 Å². The van der Waals surface area contributed by atoms with Crippen molar-refractivity contribution in [1.29, 1.82) is 0 Å². The van der Waals surface area contributed by atoms with Crippen LogP contribution >= 0.6 is 0 Å². The zero-order valence-corrected chi connectivity index (χ0v) is 13.6. The summed E-state index contributed by atoms with van der Waals surface area (Å²) in [6, 6.07) is 6.56. The SMILES string of the molecule is O=C(Cn1c(=O)[nH]c2ccccc2c1=O)NCC1CCS(=O)(=O)C1. The van der Waals surface area contributed by atoms with E-state index < -0.39 is 33.5 Å². The van der Waals surface area contributed by atoms with Gasteiger partial charge < -0.3 is 10.3 Å². The van der Waals surface area contributed by atoms with Gasteiger partial charge in [0.05, 0.1) is 22.4 Å². The van der Waals surface area contributed by atoms with E-state index in [2.05, 4.69) is 10.3 Å². The molecule has 1 unspecified atom stereocenters. The lowest BCUT2D eigenvalue weighted by Gasteiger charge is -2.10. The van der Waals surface area contributed by atoms with Gasteiger partial charge in [0.1, 0.15) is 6.54 Å². The summed E-state index contributed by atoms with van der Waals surface area (Å²) in [4.78, 5) is 38.9. The van der Waals surface area contributed by atoms with Crippen LogP contribution in [0.5, 0.6) is 0 Å². The van der Waals surface area contributed by atoms with Crippen LogP contribution in [0.15, 0.2) is 33.9 Å². The van der Waals surface area contributed by atoms with E-state index >= 15 is 0 Å². The van der Waals surface area contributed by atoms with Gasteiger partial charge in [0.15, 0.2) is 9.84 Å². The molecule has 1 atom stereocenters. The van der Waals surface area contributed by atoms with Crippen molar-refractivity contribution in [2.24, 2.45) is 5.92 Å². The normalized spacial score (nSPS) is 19.4. The molecule has 1 saturated heterocycles. The molecule has 1 aromatic heterocycles. The Hall–Kier alpha value is -2.42. The predicted octanol–water partition coefficient (Wildman–Crippen LogP) is -0.759. The number of amides is 1. The maximum absolute atomic E-state index is 12.3. The van der Waals surface area contributed by atoms with E-state index in [4.69, 9.17) is 0 Å². The lowest BCUT2D eigenvalue weighted by Crippen LogP contribution is -2.41. The van der Waals surface area contributed by atoms with E-state index in [0.29, 0.717) is 17.3 Å². The van der Waals surface area contributed by atoms with Crippen LogP contribution < -0.4 is 16.6 Å². The van der Waals surface area contributed by atoms with Crippen molar-refractivity contribution in [2.45, 2.75) is 13.0 Å². The van der Waals surface area contributed by atoms with Crippen LogP contribution in [0.25, 0.3) is 10.9 Å². The van der Waals surface area contributed by atoms with Gasteiger partial charge in [-0.1, -0.05) is 12.1 Å². The Kier molecular flexibility index (Phi) is 4.27. The molecule has 2 aromatic rings. The molecule has 0 bridgehead atoms. The number of hydrogen-bond acceptors (Lipinski definition) is 5. The van der Waals surface area contributed by atoms with Crippen molar-refractivity contribution in [2.75, 3.05) is 18.1 Å². The first-order valence-electron chi connectivity index (χ1n) is 7.55. The molecule has 0 radical (unpaired) electrons. The Morgan fingerprint density at radius 3 is 2.75 bits per heavy atom. The third kappa shape index (κ3) is 3.40. The zero-order chi connectivity index (χ0) is 17.3. The fourth-order valence-electron chi connectivity index (χ4n) is 2.83. The number of sulfone groups is 1. The number of carbonyl (C=O) groups is 1. The van der Waals surface area contributed by atoms with Crippen molar-refractivity contribution in [3.05, 3.63) is 45.1 Å². The third-order valence-electron chi connectivity index (χ3n) is 4.11. The number of nitrogens with one attached hydrogen (secondary N) is 2. The highest BCUT2D eigenvalue weighted by atomic mass is 32.2. The summed E-state index contributed by atoms with van der Waals surface area (Å²) in [6.45, 7) is -0.184. The number of rotatable bonds is 4. The Morgan fingerprint density at radius 2 is 2.04 bits per heavy atom. The number of H-pyrrole nitrogens is 1. The van der Waals surface area contributed by atoms with Crippen LogP contribution in [0.3, 0.4) is 0 Å². The molecule has 1 aliphatic heterocycles. The quantitative estimate of drug-likeness (QED) is 0.751. The molecule has 0 spiro atoms. The van der Waals surface area contributed by atoms with Gasteiger partial charge in [-0.05, 0) is 24.5 Å². The molecule has 128 valence electrons. The molecule has 3 rings (SSSR count). The second-order valence-corrected chi connectivity index (χ2v) is 8.17. The predicted molar refractivity (Wildman–Crippen MR) is 88.6 cm³/mol. The van der Waals surface area contributed by atoms with Gasteiger partial charge in [-0.2, -0.15) is 0 Å². The summed E-state index contributed by atoms with van der Waals surface area (Å²) < 4.78 is 23.6. The molecule has 2 N–H and O–H groups in total. The molecular weight excluding hydrogens is 334 g/mol. The fraction of sp³-hybridized carbons (Fsp3) is 0.400. The Labute approximate surface area is 137 Å². The third-order valence-corrected chi connectivity index (χ3v) is 5.94. The molecule has 8 nitrogen and oxygen atoms in total. The van der Waals surface area contributed by atoms with E-state index in [9.17, 15) is 22.8 Å². The molecule has 0 aliphatic carbocycles. The van der Waals surface area contributed by atoms with Crippen LogP contribution in [0, 0.1) is 5.92 Å². The average Bonchev–Trinajstić information content (AvgIpc) is 2.88. The number of fused-ring (bicyclic) bond motifs is 1. The monoisotopic (exact) mass is 351 g/mol. The van der Waals surface area contributed by atoms with Crippen molar-refractivity contribution in [3.8, 4) is 0 Å². The number of nitrogens with zero attached hydrogens (tertiary/aromatic N) is 1. The summed E-state index contributed by atoms with van der Waals surface area (Å²) in [7, 11) is -3.00. The van der Waals surface area contributed by atoms with E-state index in [1.54, 1.807) is 24.3 Å². The summed E-state index contributed by atoms with van der Waals surface area (Å²) in [5.74, 6) is -0.422. The lowest BCUT2D eigenvalue weighted by atomic mass is 10.1. The minimum Gasteiger partial charge on any atom is -0.354 e. The Bertz CT molecular complexity index is 1010. The number of hydrogen-bond donors (Lipinski definition) is 2. The minimum atomic E-state index is -3.00. The molecule has 24 heavy (non-hydrogen) atoms. The van der Waals surface area contributed by atoms with Gasteiger partial charge in [0, 0.05) is 6.54 Å². The smallest absolute Gasteiger partial charge is 0.329 e.